The number of nitrogens with zero attached hydrogens (tertiary/aromatic N) is 2. The third-order valence-electron chi connectivity index (χ3n) is 4.36. The van der Waals surface area contributed by atoms with Crippen LogP contribution in [-0.2, 0) is 4.74 Å². The van der Waals surface area contributed by atoms with E-state index in [1.54, 1.807) is 19.2 Å². The van der Waals surface area contributed by atoms with Crippen LogP contribution in [0.4, 0.5) is 0 Å². The fourth-order valence-electron chi connectivity index (χ4n) is 3.07. The van der Waals surface area contributed by atoms with E-state index >= 15 is 0 Å². The van der Waals surface area contributed by atoms with Gasteiger partial charge >= 0.3 is 5.97 Å². The predicted octanol–water partition coefficient (Wildman–Crippen LogP) is 6.26. The molecule has 4 aromatic rings. The maximum atomic E-state index is 12.2. The first-order valence-corrected chi connectivity index (χ1v) is 9.95. The molecule has 28 heavy (non-hydrogen) atoms. The number of imidazole rings is 1. The molecule has 0 spiro atoms. The minimum absolute atomic E-state index is 0.328. The summed E-state index contributed by atoms with van der Waals surface area (Å²) in [5.74, 6) is -0.356. The number of hydrogen-bond acceptors (Lipinski definition) is 3. The molecule has 0 N–H and O–H groups in total. The number of carbonyl (C=O) groups is 1. The number of carbonyl (C=O) groups excluding carboxylic acids is 1. The molecule has 0 atom stereocenters. The number of ether oxygens (including phenoxy) is 1. The fraction of sp³-hybridized carbons (Fsp3) is 0.0909. The van der Waals surface area contributed by atoms with Gasteiger partial charge in [-0.15, -0.1) is 0 Å². The predicted molar refractivity (Wildman–Crippen MR) is 115 cm³/mol. The Morgan fingerprint density at radius 3 is 2.39 bits per heavy atom. The number of fused-ring (bicyclic) bond motifs is 1. The molecule has 0 fully saturated rings. The minimum Gasteiger partial charge on any atom is -0.462 e. The molecule has 0 aliphatic rings. The molecular formula is C22H16BrClN2O2. The van der Waals surface area contributed by atoms with Crippen LogP contribution in [0.5, 0.6) is 0 Å². The summed E-state index contributed by atoms with van der Waals surface area (Å²) in [7, 11) is 0. The van der Waals surface area contributed by atoms with E-state index in [0.29, 0.717) is 17.2 Å². The first-order chi connectivity index (χ1) is 13.6. The molecule has 0 saturated carbocycles. The number of hydrogen-bond donors (Lipinski definition) is 0. The van der Waals surface area contributed by atoms with Crippen molar-refractivity contribution >= 4 is 39.1 Å². The summed E-state index contributed by atoms with van der Waals surface area (Å²) in [6, 6.07) is 19.1. The first-order valence-electron chi connectivity index (χ1n) is 8.78. The molecule has 6 heteroatoms. The van der Waals surface area contributed by atoms with Gasteiger partial charge in [0.15, 0.2) is 0 Å². The summed E-state index contributed by atoms with van der Waals surface area (Å²) in [6.45, 7) is 2.12. The van der Waals surface area contributed by atoms with Crippen molar-refractivity contribution in [2.45, 2.75) is 6.92 Å². The Labute approximate surface area is 175 Å². The zero-order valence-electron chi connectivity index (χ0n) is 15.0. The summed E-state index contributed by atoms with van der Waals surface area (Å²) in [6.07, 6.45) is 1.77. The van der Waals surface area contributed by atoms with Gasteiger partial charge in [0.25, 0.3) is 0 Å². The monoisotopic (exact) mass is 454 g/mol. The highest BCUT2D eigenvalue weighted by Gasteiger charge is 2.18. The maximum absolute atomic E-state index is 12.2. The van der Waals surface area contributed by atoms with Crippen LogP contribution in [0, 0.1) is 0 Å². The third kappa shape index (κ3) is 3.55. The Morgan fingerprint density at radius 2 is 1.71 bits per heavy atom. The molecular weight excluding hydrogens is 440 g/mol. The lowest BCUT2D eigenvalue weighted by Crippen LogP contribution is -2.06. The van der Waals surface area contributed by atoms with Gasteiger partial charge in [-0.05, 0) is 43.3 Å². The van der Waals surface area contributed by atoms with E-state index in [0.717, 1.165) is 32.6 Å². The van der Waals surface area contributed by atoms with E-state index in [4.69, 9.17) is 21.3 Å². The smallest absolute Gasteiger partial charge is 0.339 e. The highest BCUT2D eigenvalue weighted by atomic mass is 79.9. The molecule has 2 aromatic heterocycles. The van der Waals surface area contributed by atoms with E-state index in [9.17, 15) is 4.79 Å². The second-order valence-corrected chi connectivity index (χ2v) is 7.54. The molecule has 0 saturated heterocycles. The molecule has 4 rings (SSSR count). The van der Waals surface area contributed by atoms with Gasteiger partial charge in [0.1, 0.15) is 5.65 Å². The lowest BCUT2D eigenvalue weighted by Gasteiger charge is -2.08. The SMILES string of the molecule is CCOC(=O)c1ccc2nc(-c3ccc(Br)cc3)c(-c3ccc(Cl)cc3)n2c1. The van der Waals surface area contributed by atoms with Crippen LogP contribution in [0.2, 0.25) is 5.02 Å². The van der Waals surface area contributed by atoms with Crippen molar-refractivity contribution in [2.24, 2.45) is 0 Å². The lowest BCUT2D eigenvalue weighted by molar-refractivity contribution is 0.0526. The molecule has 0 unspecified atom stereocenters. The largest absolute Gasteiger partial charge is 0.462 e. The van der Waals surface area contributed by atoms with Gasteiger partial charge in [-0.25, -0.2) is 9.78 Å². The van der Waals surface area contributed by atoms with Crippen LogP contribution in [-0.4, -0.2) is 22.0 Å². The molecule has 4 nitrogen and oxygen atoms in total. The van der Waals surface area contributed by atoms with Crippen molar-refractivity contribution in [3.05, 3.63) is 81.9 Å². The van der Waals surface area contributed by atoms with Gasteiger partial charge in [-0.1, -0.05) is 51.8 Å². The molecule has 0 bridgehead atoms. The molecule has 2 heterocycles. The van der Waals surface area contributed by atoms with Gasteiger partial charge in [-0.2, -0.15) is 0 Å². The highest BCUT2D eigenvalue weighted by Crippen LogP contribution is 2.34. The standard InChI is InChI=1S/C22H16BrClN2O2/c1-2-28-22(27)16-7-12-19-25-20(14-3-8-17(23)9-4-14)21(26(19)13-16)15-5-10-18(24)11-6-15/h3-13H,2H2,1H3. The van der Waals surface area contributed by atoms with Crippen LogP contribution in [0.15, 0.2) is 71.3 Å². The van der Waals surface area contributed by atoms with Crippen LogP contribution in [0.3, 0.4) is 0 Å². The number of pyridine rings is 1. The number of rotatable bonds is 4. The molecule has 0 amide bonds. The van der Waals surface area contributed by atoms with Crippen molar-refractivity contribution in [1.82, 2.24) is 9.38 Å². The van der Waals surface area contributed by atoms with E-state index in [1.807, 2.05) is 59.0 Å². The first kappa shape index (κ1) is 18.7. The van der Waals surface area contributed by atoms with Crippen molar-refractivity contribution < 1.29 is 9.53 Å². The van der Waals surface area contributed by atoms with Crippen molar-refractivity contribution in [3.63, 3.8) is 0 Å². The molecule has 2 aromatic carbocycles. The third-order valence-corrected chi connectivity index (χ3v) is 5.15. The van der Waals surface area contributed by atoms with E-state index in [2.05, 4.69) is 15.9 Å². The van der Waals surface area contributed by atoms with Crippen molar-refractivity contribution in [3.8, 4) is 22.5 Å². The van der Waals surface area contributed by atoms with Crippen LogP contribution >= 0.6 is 27.5 Å². The average Bonchev–Trinajstić information content (AvgIpc) is 3.08. The second-order valence-electron chi connectivity index (χ2n) is 6.19. The normalized spacial score (nSPS) is 11.0. The number of aromatic nitrogens is 2. The zero-order chi connectivity index (χ0) is 19.7. The topological polar surface area (TPSA) is 43.6 Å². The Bertz CT molecular complexity index is 1150. The van der Waals surface area contributed by atoms with Gasteiger partial charge in [0.2, 0.25) is 0 Å². The Balaban J connectivity index is 1.97. The Morgan fingerprint density at radius 1 is 1.04 bits per heavy atom. The number of halogens is 2. The number of benzene rings is 2. The Hall–Kier alpha value is -2.63. The van der Waals surface area contributed by atoms with E-state index in [1.165, 1.54) is 0 Å². The molecule has 0 aliphatic carbocycles. The second kappa shape index (κ2) is 7.78. The molecule has 0 aliphatic heterocycles. The lowest BCUT2D eigenvalue weighted by atomic mass is 10.0. The average molecular weight is 456 g/mol. The van der Waals surface area contributed by atoms with Crippen LogP contribution < -0.4 is 0 Å². The van der Waals surface area contributed by atoms with Crippen LogP contribution in [0.1, 0.15) is 17.3 Å². The van der Waals surface area contributed by atoms with E-state index < -0.39 is 0 Å². The summed E-state index contributed by atoms with van der Waals surface area (Å²) < 4.78 is 8.07. The van der Waals surface area contributed by atoms with Crippen LogP contribution in [0.25, 0.3) is 28.2 Å². The van der Waals surface area contributed by atoms with Gasteiger partial charge in [0, 0.05) is 26.8 Å². The summed E-state index contributed by atoms with van der Waals surface area (Å²) >= 11 is 9.55. The minimum atomic E-state index is -0.356. The van der Waals surface area contributed by atoms with Gasteiger partial charge < -0.3 is 4.74 Å². The van der Waals surface area contributed by atoms with Gasteiger partial charge in [0.05, 0.1) is 23.6 Å². The zero-order valence-corrected chi connectivity index (χ0v) is 17.4. The molecule has 140 valence electrons. The van der Waals surface area contributed by atoms with E-state index in [-0.39, 0.29) is 5.97 Å². The fourth-order valence-corrected chi connectivity index (χ4v) is 3.46. The summed E-state index contributed by atoms with van der Waals surface area (Å²) in [5, 5.41) is 0.662. The number of esters is 1. The summed E-state index contributed by atoms with van der Waals surface area (Å²) in [5.41, 5.74) is 4.88. The Kier molecular flexibility index (Phi) is 5.20. The summed E-state index contributed by atoms with van der Waals surface area (Å²) in [4.78, 5) is 17.0. The van der Waals surface area contributed by atoms with Crippen molar-refractivity contribution in [1.29, 1.82) is 0 Å². The quantitative estimate of drug-likeness (QED) is 0.341. The highest BCUT2D eigenvalue weighted by molar-refractivity contribution is 9.10. The van der Waals surface area contributed by atoms with Crippen molar-refractivity contribution in [2.75, 3.05) is 6.61 Å². The molecule has 0 radical (unpaired) electrons. The van der Waals surface area contributed by atoms with Gasteiger partial charge in [-0.3, -0.25) is 4.40 Å². The maximum Gasteiger partial charge on any atom is 0.339 e.